The normalized spacial score (nSPS) is 11.1. The van der Waals surface area contributed by atoms with Crippen LogP contribution in [-0.2, 0) is 16.1 Å². The van der Waals surface area contributed by atoms with Gasteiger partial charge in [0.15, 0.2) is 17.3 Å². The molecule has 0 radical (unpaired) electrons. The average molecular weight is 415 g/mol. The lowest BCUT2D eigenvalue weighted by atomic mass is 10.2. The monoisotopic (exact) mass is 414 g/mol. The van der Waals surface area contributed by atoms with Crippen LogP contribution in [-0.4, -0.2) is 31.5 Å². The van der Waals surface area contributed by atoms with Crippen molar-refractivity contribution in [3.63, 3.8) is 0 Å². The lowest BCUT2D eigenvalue weighted by Gasteiger charge is -2.07. The molecule has 9 heteroatoms. The van der Waals surface area contributed by atoms with Crippen molar-refractivity contribution in [2.75, 3.05) is 5.75 Å². The molecule has 0 aliphatic heterocycles. The first-order valence-electron chi connectivity index (χ1n) is 8.39. The van der Waals surface area contributed by atoms with Gasteiger partial charge in [-0.15, -0.1) is 10.2 Å². The van der Waals surface area contributed by atoms with Crippen LogP contribution in [0.3, 0.4) is 0 Å². The van der Waals surface area contributed by atoms with E-state index in [4.69, 9.17) is 20.8 Å². The van der Waals surface area contributed by atoms with Gasteiger partial charge >= 0.3 is 5.97 Å². The van der Waals surface area contributed by atoms with E-state index in [-0.39, 0.29) is 12.4 Å². The number of benzene rings is 2. The number of aryl methyl sites for hydroxylation is 1. The van der Waals surface area contributed by atoms with Crippen molar-refractivity contribution in [3.8, 4) is 5.69 Å². The second-order valence-electron chi connectivity index (χ2n) is 5.94. The van der Waals surface area contributed by atoms with Crippen LogP contribution in [0.2, 0.25) is 5.02 Å². The minimum atomic E-state index is -0.399. The fraction of sp³-hybridized carbons (Fsp3) is 0.158. The summed E-state index contributed by atoms with van der Waals surface area (Å²) in [6.45, 7) is 1.91. The van der Waals surface area contributed by atoms with Crippen LogP contribution in [0.1, 0.15) is 11.5 Å². The van der Waals surface area contributed by atoms with Crippen molar-refractivity contribution in [2.45, 2.75) is 18.7 Å². The van der Waals surface area contributed by atoms with Gasteiger partial charge in [0.05, 0.1) is 11.4 Å². The first-order valence-corrected chi connectivity index (χ1v) is 9.76. The highest BCUT2D eigenvalue weighted by atomic mass is 35.5. The van der Waals surface area contributed by atoms with E-state index in [1.54, 1.807) is 10.9 Å². The number of hydrogen-bond acceptors (Lipinski definition) is 7. The lowest BCUT2D eigenvalue weighted by molar-refractivity contribution is -0.142. The van der Waals surface area contributed by atoms with Crippen LogP contribution in [0, 0.1) is 6.92 Å². The molecule has 2 aromatic carbocycles. The van der Waals surface area contributed by atoms with Crippen LogP contribution in [0.15, 0.2) is 58.4 Å². The molecule has 4 rings (SSSR count). The molecular weight excluding hydrogens is 400 g/mol. The second kappa shape index (κ2) is 8.04. The van der Waals surface area contributed by atoms with Gasteiger partial charge in [0, 0.05) is 5.02 Å². The lowest BCUT2D eigenvalue weighted by Crippen LogP contribution is -2.08. The third-order valence-electron chi connectivity index (χ3n) is 3.96. The van der Waals surface area contributed by atoms with E-state index in [9.17, 15) is 4.79 Å². The number of carbonyl (C=O) groups excluding carboxylic acids is 1. The summed E-state index contributed by atoms with van der Waals surface area (Å²) in [4.78, 5) is 16.4. The van der Waals surface area contributed by atoms with E-state index >= 15 is 0 Å². The number of esters is 1. The molecule has 0 spiro atoms. The van der Waals surface area contributed by atoms with Crippen molar-refractivity contribution >= 4 is 40.4 Å². The summed E-state index contributed by atoms with van der Waals surface area (Å²) in [5.74, 6) is 0.0409. The number of thioether (sulfide) groups is 1. The molecule has 2 aromatic heterocycles. The largest absolute Gasteiger partial charge is 0.455 e. The minimum Gasteiger partial charge on any atom is -0.455 e. The number of halogens is 1. The van der Waals surface area contributed by atoms with E-state index in [0.717, 1.165) is 16.8 Å². The zero-order chi connectivity index (χ0) is 19.5. The van der Waals surface area contributed by atoms with Crippen molar-refractivity contribution in [1.82, 2.24) is 19.7 Å². The Morgan fingerprint density at radius 1 is 1.29 bits per heavy atom. The van der Waals surface area contributed by atoms with E-state index in [1.165, 1.54) is 11.8 Å². The van der Waals surface area contributed by atoms with Crippen molar-refractivity contribution < 1.29 is 13.9 Å². The van der Waals surface area contributed by atoms with E-state index in [0.29, 0.717) is 21.7 Å². The van der Waals surface area contributed by atoms with Gasteiger partial charge in [-0.3, -0.25) is 9.36 Å². The minimum absolute atomic E-state index is 0.0195. The Balaban J connectivity index is 1.36. The van der Waals surface area contributed by atoms with Gasteiger partial charge in [0.2, 0.25) is 5.89 Å². The molecule has 142 valence electrons. The quantitative estimate of drug-likeness (QED) is 0.345. The number of hydrogen-bond donors (Lipinski definition) is 0. The van der Waals surface area contributed by atoms with Gasteiger partial charge in [-0.25, -0.2) is 4.98 Å². The number of carbonyl (C=O) groups is 1. The molecule has 0 bridgehead atoms. The van der Waals surface area contributed by atoms with Gasteiger partial charge in [0.25, 0.3) is 0 Å². The third kappa shape index (κ3) is 4.02. The van der Waals surface area contributed by atoms with E-state index in [2.05, 4.69) is 15.2 Å². The van der Waals surface area contributed by atoms with Crippen LogP contribution < -0.4 is 0 Å². The SMILES string of the molecule is Cc1ccc(-n2cnnc2SCC(=O)OCc2nc3ccccc3o2)cc1Cl. The molecule has 0 unspecified atom stereocenters. The van der Waals surface area contributed by atoms with Crippen molar-refractivity contribution in [1.29, 1.82) is 0 Å². The molecular formula is C19H15ClN4O3S. The molecule has 2 heterocycles. The Morgan fingerprint density at radius 3 is 2.96 bits per heavy atom. The van der Waals surface area contributed by atoms with Crippen molar-refractivity contribution in [2.24, 2.45) is 0 Å². The molecule has 7 nitrogen and oxygen atoms in total. The maximum absolute atomic E-state index is 12.1. The second-order valence-corrected chi connectivity index (χ2v) is 7.29. The molecule has 0 atom stereocenters. The number of nitrogens with zero attached hydrogens (tertiary/aromatic N) is 4. The van der Waals surface area contributed by atoms with Crippen LogP contribution in [0.25, 0.3) is 16.8 Å². The number of fused-ring (bicyclic) bond motifs is 1. The van der Waals surface area contributed by atoms with Gasteiger partial charge < -0.3 is 9.15 Å². The summed E-state index contributed by atoms with van der Waals surface area (Å²) in [5.41, 5.74) is 3.19. The summed E-state index contributed by atoms with van der Waals surface area (Å²) in [6.07, 6.45) is 1.58. The first-order chi connectivity index (χ1) is 13.6. The van der Waals surface area contributed by atoms with Crippen LogP contribution >= 0.6 is 23.4 Å². The first kappa shape index (κ1) is 18.5. The number of oxazole rings is 1. The maximum atomic E-state index is 12.1. The number of ether oxygens (including phenoxy) is 1. The maximum Gasteiger partial charge on any atom is 0.316 e. The Bertz CT molecular complexity index is 1110. The topological polar surface area (TPSA) is 83.0 Å². The molecule has 0 N–H and O–H groups in total. The van der Waals surface area contributed by atoms with Crippen molar-refractivity contribution in [3.05, 3.63) is 65.3 Å². The predicted octanol–water partition coefficient (Wildman–Crippen LogP) is 4.21. The van der Waals surface area contributed by atoms with Crippen LogP contribution in [0.5, 0.6) is 0 Å². The summed E-state index contributed by atoms with van der Waals surface area (Å²) >= 11 is 7.42. The molecule has 0 fully saturated rings. The fourth-order valence-electron chi connectivity index (χ4n) is 2.52. The third-order valence-corrected chi connectivity index (χ3v) is 5.29. The van der Waals surface area contributed by atoms with Gasteiger partial charge in [-0.05, 0) is 36.8 Å². The Hall–Kier alpha value is -2.84. The number of rotatable bonds is 6. The molecule has 0 saturated carbocycles. The van der Waals surface area contributed by atoms with E-state index < -0.39 is 5.97 Å². The molecule has 0 saturated heterocycles. The number of para-hydroxylation sites is 2. The van der Waals surface area contributed by atoms with Gasteiger partial charge in [0.1, 0.15) is 11.8 Å². The Morgan fingerprint density at radius 2 is 2.14 bits per heavy atom. The van der Waals surface area contributed by atoms with Gasteiger partial charge in [-0.2, -0.15) is 0 Å². The highest BCUT2D eigenvalue weighted by Crippen LogP contribution is 2.24. The Kier molecular flexibility index (Phi) is 5.31. The highest BCUT2D eigenvalue weighted by molar-refractivity contribution is 7.99. The average Bonchev–Trinajstić information content (AvgIpc) is 3.33. The zero-order valence-electron chi connectivity index (χ0n) is 14.8. The van der Waals surface area contributed by atoms with Crippen LogP contribution in [0.4, 0.5) is 0 Å². The molecule has 0 aliphatic rings. The summed E-state index contributed by atoms with van der Waals surface area (Å²) in [6, 6.07) is 13.0. The predicted molar refractivity (Wildman–Crippen MR) is 106 cm³/mol. The Labute approximate surface area is 169 Å². The van der Waals surface area contributed by atoms with Gasteiger partial charge in [-0.1, -0.05) is 41.6 Å². The molecule has 0 aliphatic carbocycles. The fourth-order valence-corrected chi connectivity index (χ4v) is 3.42. The zero-order valence-corrected chi connectivity index (χ0v) is 16.4. The standard InChI is InChI=1S/C19H15ClN4O3S/c1-12-6-7-13(8-14(12)20)24-11-21-23-19(24)28-10-18(25)26-9-17-22-15-4-2-3-5-16(15)27-17/h2-8,11H,9-10H2,1H3. The smallest absolute Gasteiger partial charge is 0.316 e. The van der Waals surface area contributed by atoms with E-state index in [1.807, 2.05) is 49.4 Å². The number of aromatic nitrogens is 4. The molecule has 0 amide bonds. The summed E-state index contributed by atoms with van der Waals surface area (Å²) in [5, 5.41) is 9.20. The molecule has 4 aromatic rings. The molecule has 28 heavy (non-hydrogen) atoms. The summed E-state index contributed by atoms with van der Waals surface area (Å²) < 4.78 is 12.5. The highest BCUT2D eigenvalue weighted by Gasteiger charge is 2.13. The summed E-state index contributed by atoms with van der Waals surface area (Å²) in [7, 11) is 0.